The van der Waals surface area contributed by atoms with Crippen molar-refractivity contribution >= 4 is 55.3 Å². The molecule has 0 aliphatic rings. The number of rotatable bonds is 5. The number of nitrogens with zero attached hydrogens (tertiary/aromatic N) is 2. The summed E-state index contributed by atoms with van der Waals surface area (Å²) in [4.78, 5) is 10.2. The van der Waals surface area contributed by atoms with Gasteiger partial charge in [0.25, 0.3) is 0 Å². The summed E-state index contributed by atoms with van der Waals surface area (Å²) in [6.45, 7) is 6.71. The van der Waals surface area contributed by atoms with Crippen LogP contribution >= 0.6 is 0 Å². The molecule has 3 heteroatoms. The van der Waals surface area contributed by atoms with Gasteiger partial charge in [0.2, 0.25) is 5.89 Å². The molecule has 0 fully saturated rings. The lowest BCUT2D eigenvalue weighted by atomic mass is 9.85. The fraction of sp³-hybridized carbons (Fsp3) is 0.0833. The minimum atomic E-state index is -0.0797. The van der Waals surface area contributed by atoms with Gasteiger partial charge in [0.15, 0.2) is 5.58 Å². The highest BCUT2D eigenvalue weighted by molar-refractivity contribution is 6.14. The molecule has 1 heterocycles. The van der Waals surface area contributed by atoms with E-state index in [-0.39, 0.29) is 5.41 Å². The Bertz CT molecular complexity index is 2770. The average molecular weight is 657 g/mol. The van der Waals surface area contributed by atoms with Crippen LogP contribution in [0.4, 0.5) is 5.69 Å². The monoisotopic (exact) mass is 656 g/mol. The first-order valence-corrected chi connectivity index (χ1v) is 17.5. The number of hydrogen-bond acceptors (Lipinski definition) is 3. The van der Waals surface area contributed by atoms with Crippen LogP contribution in [0.3, 0.4) is 0 Å². The molecule has 244 valence electrons. The SMILES string of the molecule is CC(C)(C)c1cc(-c2ccc(-c3cccc4ccccc34)cc2)c2nc(-c3ccccc3N=Cc3cc4ccccc4c4ccccc34)oc2c1. The van der Waals surface area contributed by atoms with E-state index < -0.39 is 0 Å². The second-order valence-electron chi connectivity index (χ2n) is 14.3. The van der Waals surface area contributed by atoms with Gasteiger partial charge in [0.05, 0.1) is 11.3 Å². The number of oxazole rings is 1. The molecule has 0 bridgehead atoms. The van der Waals surface area contributed by atoms with E-state index in [1.165, 1.54) is 49.0 Å². The maximum atomic E-state index is 6.63. The molecule has 0 saturated carbocycles. The summed E-state index contributed by atoms with van der Waals surface area (Å²) in [5.41, 5.74) is 10.0. The van der Waals surface area contributed by atoms with Crippen LogP contribution in [0.1, 0.15) is 31.9 Å². The third-order valence-electron chi connectivity index (χ3n) is 9.93. The summed E-state index contributed by atoms with van der Waals surface area (Å²) in [5.74, 6) is 0.556. The predicted molar refractivity (Wildman–Crippen MR) is 215 cm³/mol. The molecule has 0 atom stereocenters. The van der Waals surface area contributed by atoms with Gasteiger partial charge in [-0.2, -0.15) is 0 Å². The normalized spacial score (nSPS) is 12.1. The van der Waals surface area contributed by atoms with Crippen molar-refractivity contribution in [3.05, 3.63) is 169 Å². The Hall–Kier alpha value is -6.32. The maximum absolute atomic E-state index is 6.63. The first-order valence-electron chi connectivity index (χ1n) is 17.5. The maximum Gasteiger partial charge on any atom is 0.229 e. The third-order valence-corrected chi connectivity index (χ3v) is 9.93. The van der Waals surface area contributed by atoms with Crippen molar-refractivity contribution in [2.75, 3.05) is 0 Å². The van der Waals surface area contributed by atoms with Crippen molar-refractivity contribution in [3.63, 3.8) is 0 Å². The first-order chi connectivity index (χ1) is 24.9. The molecule has 9 aromatic rings. The van der Waals surface area contributed by atoms with E-state index in [0.29, 0.717) is 5.89 Å². The summed E-state index contributed by atoms with van der Waals surface area (Å²) in [6, 6.07) is 55.7. The summed E-state index contributed by atoms with van der Waals surface area (Å²) in [5, 5.41) is 7.31. The molecular formula is C48H36N2O. The van der Waals surface area contributed by atoms with Gasteiger partial charge in [-0.25, -0.2) is 4.98 Å². The summed E-state index contributed by atoms with van der Waals surface area (Å²) >= 11 is 0. The van der Waals surface area contributed by atoms with Crippen molar-refractivity contribution in [1.29, 1.82) is 0 Å². The van der Waals surface area contributed by atoms with E-state index in [0.717, 1.165) is 39.0 Å². The lowest BCUT2D eigenvalue weighted by molar-refractivity contribution is 0.584. The number of aliphatic imine (C=N–C) groups is 1. The van der Waals surface area contributed by atoms with Gasteiger partial charge < -0.3 is 4.42 Å². The van der Waals surface area contributed by atoms with E-state index >= 15 is 0 Å². The quantitative estimate of drug-likeness (QED) is 0.137. The van der Waals surface area contributed by atoms with Crippen LogP contribution in [-0.2, 0) is 5.41 Å². The zero-order chi connectivity index (χ0) is 34.5. The van der Waals surface area contributed by atoms with Crippen LogP contribution in [-0.4, -0.2) is 11.2 Å². The van der Waals surface area contributed by atoms with Crippen molar-refractivity contribution in [3.8, 4) is 33.7 Å². The van der Waals surface area contributed by atoms with Gasteiger partial charge in [0.1, 0.15) is 5.52 Å². The molecule has 1 aromatic heterocycles. The number of hydrogen-bond donors (Lipinski definition) is 0. The van der Waals surface area contributed by atoms with E-state index in [9.17, 15) is 0 Å². The second kappa shape index (κ2) is 12.2. The number of fused-ring (bicyclic) bond motifs is 5. The van der Waals surface area contributed by atoms with E-state index in [4.69, 9.17) is 14.4 Å². The zero-order valence-electron chi connectivity index (χ0n) is 28.9. The summed E-state index contributed by atoms with van der Waals surface area (Å²) in [7, 11) is 0. The highest BCUT2D eigenvalue weighted by Crippen LogP contribution is 2.40. The third kappa shape index (κ3) is 5.57. The summed E-state index contributed by atoms with van der Waals surface area (Å²) in [6.07, 6.45) is 1.97. The second-order valence-corrected chi connectivity index (χ2v) is 14.3. The molecule has 0 N–H and O–H groups in total. The van der Waals surface area contributed by atoms with Gasteiger partial charge in [-0.1, -0.05) is 148 Å². The minimum absolute atomic E-state index is 0.0797. The molecule has 9 rings (SSSR count). The molecule has 0 radical (unpaired) electrons. The number of para-hydroxylation sites is 1. The Morgan fingerprint density at radius 2 is 1.14 bits per heavy atom. The zero-order valence-corrected chi connectivity index (χ0v) is 28.9. The standard InChI is InChI=1S/C48H36N2O/c1-48(2,3)36-28-43(33-25-23-32(24-26-33)38-21-12-15-31-13-4-6-16-37(31)38)46-45(29-36)51-47(50-46)42-20-10-11-22-44(42)49-30-35-27-34-14-5-7-17-39(34)41-19-9-8-18-40(35)41/h4-30H,1-3H3. The lowest BCUT2D eigenvalue weighted by Gasteiger charge is -2.20. The Morgan fingerprint density at radius 1 is 0.529 bits per heavy atom. The van der Waals surface area contributed by atoms with Gasteiger partial charge in [-0.05, 0) is 90.3 Å². The molecular weight excluding hydrogens is 621 g/mol. The van der Waals surface area contributed by atoms with E-state index in [2.05, 4.69) is 154 Å². The van der Waals surface area contributed by atoms with Gasteiger partial charge in [-0.15, -0.1) is 0 Å². The van der Waals surface area contributed by atoms with Crippen LogP contribution in [0.2, 0.25) is 0 Å². The van der Waals surface area contributed by atoms with Crippen LogP contribution in [0.25, 0.3) is 77.1 Å². The Labute approximate surface area is 297 Å². The highest BCUT2D eigenvalue weighted by Gasteiger charge is 2.21. The first kappa shape index (κ1) is 30.7. The molecule has 0 amide bonds. The Balaban J connectivity index is 1.14. The highest BCUT2D eigenvalue weighted by atomic mass is 16.3. The predicted octanol–water partition coefficient (Wildman–Crippen LogP) is 13.3. The topological polar surface area (TPSA) is 38.4 Å². The molecule has 0 spiro atoms. The van der Waals surface area contributed by atoms with E-state index in [1.54, 1.807) is 0 Å². The Kier molecular flexibility index (Phi) is 7.36. The molecule has 0 aliphatic carbocycles. The minimum Gasteiger partial charge on any atom is -0.436 e. The van der Waals surface area contributed by atoms with Crippen LogP contribution in [0.15, 0.2) is 167 Å². The van der Waals surface area contributed by atoms with Crippen LogP contribution < -0.4 is 0 Å². The molecule has 0 aliphatic heterocycles. The lowest BCUT2D eigenvalue weighted by Crippen LogP contribution is -2.11. The molecule has 0 saturated heterocycles. The van der Waals surface area contributed by atoms with Gasteiger partial charge >= 0.3 is 0 Å². The fourth-order valence-corrected chi connectivity index (χ4v) is 7.20. The molecule has 3 nitrogen and oxygen atoms in total. The van der Waals surface area contributed by atoms with Crippen LogP contribution in [0, 0.1) is 0 Å². The smallest absolute Gasteiger partial charge is 0.229 e. The molecule has 8 aromatic carbocycles. The molecule has 51 heavy (non-hydrogen) atoms. The average Bonchev–Trinajstić information content (AvgIpc) is 3.61. The fourth-order valence-electron chi connectivity index (χ4n) is 7.20. The van der Waals surface area contributed by atoms with Crippen molar-refractivity contribution in [2.24, 2.45) is 4.99 Å². The summed E-state index contributed by atoms with van der Waals surface area (Å²) < 4.78 is 6.63. The van der Waals surface area contributed by atoms with Crippen molar-refractivity contribution in [2.45, 2.75) is 26.2 Å². The Morgan fingerprint density at radius 3 is 1.92 bits per heavy atom. The van der Waals surface area contributed by atoms with Gasteiger partial charge in [0, 0.05) is 17.3 Å². The number of aromatic nitrogens is 1. The van der Waals surface area contributed by atoms with Crippen LogP contribution in [0.5, 0.6) is 0 Å². The number of benzene rings is 8. The van der Waals surface area contributed by atoms with Crippen molar-refractivity contribution in [1.82, 2.24) is 4.98 Å². The van der Waals surface area contributed by atoms with Crippen molar-refractivity contribution < 1.29 is 4.42 Å². The largest absolute Gasteiger partial charge is 0.436 e. The molecule has 0 unspecified atom stereocenters. The van der Waals surface area contributed by atoms with E-state index in [1.807, 2.05) is 30.5 Å². The van der Waals surface area contributed by atoms with Gasteiger partial charge in [-0.3, -0.25) is 4.99 Å².